The van der Waals surface area contributed by atoms with Gasteiger partial charge in [-0.3, -0.25) is 0 Å². The van der Waals surface area contributed by atoms with Gasteiger partial charge in [0.2, 0.25) is 0 Å². The van der Waals surface area contributed by atoms with Crippen LogP contribution in [0.15, 0.2) is 24.3 Å². The van der Waals surface area contributed by atoms with Crippen LogP contribution in [0.2, 0.25) is 0 Å². The van der Waals surface area contributed by atoms with Gasteiger partial charge in [0.25, 0.3) is 0 Å². The number of rotatable bonds is 6. The molecule has 2 rings (SSSR count). The van der Waals surface area contributed by atoms with Crippen molar-refractivity contribution in [2.24, 2.45) is 0 Å². The Morgan fingerprint density at radius 3 is 2.55 bits per heavy atom. The van der Waals surface area contributed by atoms with Gasteiger partial charge in [0.1, 0.15) is 5.75 Å². The molecule has 1 aromatic rings. The minimum atomic E-state index is -2.86. The lowest BCUT2D eigenvalue weighted by Gasteiger charge is -2.24. The molecular weight excluding hydrogens is 274 g/mol. The normalized spacial score (nSPS) is 24.7. The van der Waals surface area contributed by atoms with E-state index in [1.165, 1.54) is 0 Å². The maximum Gasteiger partial charge on any atom is 0.152 e. The number of benzene rings is 1. The fraction of sp³-hybridized carbons (Fsp3) is 0.600. The molecule has 1 aliphatic rings. The quantitative estimate of drug-likeness (QED) is 0.874. The molecule has 1 fully saturated rings. The molecule has 0 saturated carbocycles. The summed E-state index contributed by atoms with van der Waals surface area (Å²) in [5.74, 6) is 1.41. The summed E-state index contributed by atoms with van der Waals surface area (Å²) in [5.41, 5.74) is 0.843. The molecule has 1 atom stereocenters. The van der Waals surface area contributed by atoms with Gasteiger partial charge in [-0.1, -0.05) is 19.1 Å². The van der Waals surface area contributed by atoms with Crippen LogP contribution in [0, 0.1) is 0 Å². The second-order valence-electron chi connectivity index (χ2n) is 5.75. The number of hydrogen-bond donors (Lipinski definition) is 1. The van der Waals surface area contributed by atoms with Crippen molar-refractivity contribution in [3.8, 4) is 5.75 Å². The van der Waals surface area contributed by atoms with Crippen LogP contribution in [0.1, 0.15) is 32.3 Å². The molecule has 0 aliphatic carbocycles. The molecule has 1 N–H and O–H groups in total. The Labute approximate surface area is 121 Å². The van der Waals surface area contributed by atoms with Crippen LogP contribution in [0.3, 0.4) is 0 Å². The molecule has 1 aromatic carbocycles. The lowest BCUT2D eigenvalue weighted by molar-refractivity contribution is 0.317. The van der Waals surface area contributed by atoms with E-state index < -0.39 is 9.84 Å². The second-order valence-corrected chi connectivity index (χ2v) is 7.93. The van der Waals surface area contributed by atoms with Crippen LogP contribution in [0.5, 0.6) is 5.75 Å². The smallest absolute Gasteiger partial charge is 0.152 e. The first-order valence-corrected chi connectivity index (χ1v) is 8.92. The SMILES string of the molecule is CCCOc1ccc(CNC2(C)CCS(=O)(=O)C2)cc1. The van der Waals surface area contributed by atoms with Crippen LogP contribution < -0.4 is 10.1 Å². The van der Waals surface area contributed by atoms with Crippen LogP contribution in [-0.4, -0.2) is 32.1 Å². The van der Waals surface area contributed by atoms with Crippen molar-refractivity contribution in [2.75, 3.05) is 18.1 Å². The number of sulfone groups is 1. The zero-order chi connectivity index (χ0) is 14.6. The molecule has 1 aliphatic heterocycles. The summed E-state index contributed by atoms with van der Waals surface area (Å²) >= 11 is 0. The third-order valence-corrected chi connectivity index (χ3v) is 5.52. The highest BCUT2D eigenvalue weighted by molar-refractivity contribution is 7.91. The molecule has 0 radical (unpaired) electrons. The Kier molecular flexibility index (Phi) is 4.70. The number of hydrogen-bond acceptors (Lipinski definition) is 4. The van der Waals surface area contributed by atoms with Crippen LogP contribution in [0.4, 0.5) is 0 Å². The van der Waals surface area contributed by atoms with Gasteiger partial charge in [-0.15, -0.1) is 0 Å². The van der Waals surface area contributed by atoms with Crippen molar-refractivity contribution >= 4 is 9.84 Å². The van der Waals surface area contributed by atoms with Crippen LogP contribution in [-0.2, 0) is 16.4 Å². The standard InChI is InChI=1S/C15H23NO3S/c1-3-9-19-14-6-4-13(5-7-14)11-16-15(2)8-10-20(17,18)12-15/h4-7,16H,3,8-12H2,1-2H3. The minimum absolute atomic E-state index is 0.234. The average Bonchev–Trinajstić information content (AvgIpc) is 2.70. The minimum Gasteiger partial charge on any atom is -0.494 e. The zero-order valence-corrected chi connectivity index (χ0v) is 13.0. The van der Waals surface area contributed by atoms with Gasteiger partial charge < -0.3 is 10.1 Å². The largest absolute Gasteiger partial charge is 0.494 e. The van der Waals surface area contributed by atoms with Gasteiger partial charge in [0, 0.05) is 12.1 Å². The van der Waals surface area contributed by atoms with Crippen molar-refractivity contribution in [2.45, 2.75) is 38.8 Å². The highest BCUT2D eigenvalue weighted by atomic mass is 32.2. The van der Waals surface area contributed by atoms with E-state index >= 15 is 0 Å². The highest BCUT2D eigenvalue weighted by Crippen LogP contribution is 2.23. The van der Waals surface area contributed by atoms with E-state index in [0.717, 1.165) is 24.3 Å². The highest BCUT2D eigenvalue weighted by Gasteiger charge is 2.37. The van der Waals surface area contributed by atoms with Crippen molar-refractivity contribution in [1.82, 2.24) is 5.32 Å². The van der Waals surface area contributed by atoms with Crippen LogP contribution >= 0.6 is 0 Å². The maximum absolute atomic E-state index is 11.5. The Morgan fingerprint density at radius 2 is 2.00 bits per heavy atom. The Bertz CT molecular complexity index is 539. The summed E-state index contributed by atoms with van der Waals surface area (Å²) in [6, 6.07) is 7.95. The van der Waals surface area contributed by atoms with E-state index in [1.807, 2.05) is 31.2 Å². The van der Waals surface area contributed by atoms with Gasteiger partial charge >= 0.3 is 0 Å². The molecule has 5 heteroatoms. The van der Waals surface area contributed by atoms with Crippen molar-refractivity contribution < 1.29 is 13.2 Å². The average molecular weight is 297 g/mol. The van der Waals surface area contributed by atoms with E-state index in [1.54, 1.807) is 0 Å². The Morgan fingerprint density at radius 1 is 1.30 bits per heavy atom. The van der Waals surface area contributed by atoms with E-state index in [9.17, 15) is 8.42 Å². The molecule has 112 valence electrons. The summed E-state index contributed by atoms with van der Waals surface area (Å²) in [4.78, 5) is 0. The van der Waals surface area contributed by atoms with Crippen LogP contribution in [0.25, 0.3) is 0 Å². The molecule has 1 unspecified atom stereocenters. The Hall–Kier alpha value is -1.07. The predicted molar refractivity (Wildman–Crippen MR) is 80.7 cm³/mol. The molecule has 1 heterocycles. The summed E-state index contributed by atoms with van der Waals surface area (Å²) < 4.78 is 28.6. The van der Waals surface area contributed by atoms with Gasteiger partial charge in [0.15, 0.2) is 9.84 Å². The molecule has 0 amide bonds. The monoisotopic (exact) mass is 297 g/mol. The lowest BCUT2D eigenvalue weighted by Crippen LogP contribution is -2.42. The molecule has 4 nitrogen and oxygen atoms in total. The molecule has 0 bridgehead atoms. The lowest BCUT2D eigenvalue weighted by atomic mass is 10.0. The summed E-state index contributed by atoms with van der Waals surface area (Å²) in [7, 11) is -2.86. The van der Waals surface area contributed by atoms with Gasteiger partial charge in [-0.25, -0.2) is 8.42 Å². The summed E-state index contributed by atoms with van der Waals surface area (Å²) in [6.45, 7) is 5.47. The Balaban J connectivity index is 1.88. The number of ether oxygens (including phenoxy) is 1. The van der Waals surface area contributed by atoms with E-state index in [2.05, 4.69) is 12.2 Å². The molecule has 1 saturated heterocycles. The van der Waals surface area contributed by atoms with E-state index in [-0.39, 0.29) is 11.3 Å². The molecule has 0 spiro atoms. The van der Waals surface area contributed by atoms with Crippen molar-refractivity contribution in [3.05, 3.63) is 29.8 Å². The van der Waals surface area contributed by atoms with E-state index in [4.69, 9.17) is 4.74 Å². The van der Waals surface area contributed by atoms with Crippen molar-refractivity contribution in [1.29, 1.82) is 0 Å². The topological polar surface area (TPSA) is 55.4 Å². The molecule has 0 aromatic heterocycles. The molecule has 20 heavy (non-hydrogen) atoms. The number of nitrogens with one attached hydrogen (secondary N) is 1. The van der Waals surface area contributed by atoms with Gasteiger partial charge in [-0.2, -0.15) is 0 Å². The fourth-order valence-electron chi connectivity index (χ4n) is 2.39. The first kappa shape index (κ1) is 15.3. The third-order valence-electron chi connectivity index (χ3n) is 3.62. The first-order valence-electron chi connectivity index (χ1n) is 7.10. The third kappa shape index (κ3) is 4.21. The second kappa shape index (κ2) is 6.14. The molecular formula is C15H23NO3S. The zero-order valence-electron chi connectivity index (χ0n) is 12.2. The van der Waals surface area contributed by atoms with E-state index in [0.29, 0.717) is 18.7 Å². The summed E-state index contributed by atoms with van der Waals surface area (Å²) in [6.07, 6.45) is 1.68. The maximum atomic E-state index is 11.5. The van der Waals surface area contributed by atoms with Gasteiger partial charge in [0.05, 0.1) is 18.1 Å². The summed E-state index contributed by atoms with van der Waals surface area (Å²) in [5, 5.41) is 3.37. The van der Waals surface area contributed by atoms with Gasteiger partial charge in [-0.05, 0) is 37.5 Å². The van der Waals surface area contributed by atoms with Crippen molar-refractivity contribution in [3.63, 3.8) is 0 Å². The predicted octanol–water partition coefficient (Wildman–Crippen LogP) is 2.14. The first-order chi connectivity index (χ1) is 9.42. The fourth-order valence-corrected chi connectivity index (χ4v) is 4.51.